The van der Waals surface area contributed by atoms with Crippen LogP contribution in [0.15, 0.2) is 48.5 Å². The summed E-state index contributed by atoms with van der Waals surface area (Å²) >= 11 is 12.7. The predicted octanol–water partition coefficient (Wildman–Crippen LogP) is 6.00. The molecule has 6 nitrogen and oxygen atoms in total. The monoisotopic (exact) mass is 545 g/mol. The second-order valence-electron chi connectivity index (χ2n) is 11.4. The van der Waals surface area contributed by atoms with E-state index in [2.05, 4.69) is 22.3 Å². The fourth-order valence-corrected chi connectivity index (χ4v) is 5.98. The van der Waals surface area contributed by atoms with E-state index in [1.807, 2.05) is 62.1 Å². The number of likely N-dealkylation sites (tertiary alicyclic amines) is 2. The lowest BCUT2D eigenvalue weighted by Gasteiger charge is -2.43. The number of amides is 2. The molecule has 0 saturated carbocycles. The smallest absolute Gasteiger partial charge is 0.410 e. The number of nitrogens with zero attached hydrogens (tertiary/aromatic N) is 2. The van der Waals surface area contributed by atoms with Crippen molar-refractivity contribution < 1.29 is 14.3 Å². The molecule has 0 aromatic heterocycles. The molecule has 37 heavy (non-hydrogen) atoms. The Balaban J connectivity index is 1.48. The Morgan fingerprint density at radius 1 is 1.00 bits per heavy atom. The third-order valence-electron chi connectivity index (χ3n) is 7.82. The van der Waals surface area contributed by atoms with E-state index in [0.717, 1.165) is 62.9 Å². The molecule has 8 heteroatoms. The topological polar surface area (TPSA) is 61.9 Å². The summed E-state index contributed by atoms with van der Waals surface area (Å²) in [5, 5.41) is 4.18. The van der Waals surface area contributed by atoms with Gasteiger partial charge in [-0.25, -0.2) is 4.79 Å². The van der Waals surface area contributed by atoms with Crippen LogP contribution in [0.25, 0.3) is 0 Å². The van der Waals surface area contributed by atoms with Crippen LogP contribution < -0.4 is 5.32 Å². The SMILES string of the molecule is CC(C)(C)OC(=O)N1CC[C@@](CCN2CCC(NC=O)(c3ccccc3)CC2)(c2ccc(Cl)c(Cl)c2)C1. The number of carbonyl (C=O) groups excluding carboxylic acids is 2. The molecule has 0 unspecified atom stereocenters. The summed E-state index contributed by atoms with van der Waals surface area (Å²) < 4.78 is 5.67. The first-order valence-corrected chi connectivity index (χ1v) is 13.7. The fraction of sp³-hybridized carbons (Fsp3) is 0.517. The van der Waals surface area contributed by atoms with Gasteiger partial charge in [0.1, 0.15) is 5.60 Å². The molecule has 2 aromatic carbocycles. The number of carbonyl (C=O) groups is 2. The van der Waals surface area contributed by atoms with Gasteiger partial charge >= 0.3 is 6.09 Å². The first kappa shape index (κ1) is 27.7. The van der Waals surface area contributed by atoms with Crippen molar-refractivity contribution in [2.75, 3.05) is 32.7 Å². The van der Waals surface area contributed by atoms with E-state index >= 15 is 0 Å². The van der Waals surface area contributed by atoms with Gasteiger partial charge in [0.05, 0.1) is 15.6 Å². The predicted molar refractivity (Wildman–Crippen MR) is 148 cm³/mol. The summed E-state index contributed by atoms with van der Waals surface area (Å²) in [5.41, 5.74) is 1.15. The van der Waals surface area contributed by atoms with Gasteiger partial charge in [0.25, 0.3) is 0 Å². The van der Waals surface area contributed by atoms with Crippen LogP contribution in [-0.4, -0.2) is 60.6 Å². The Morgan fingerprint density at radius 3 is 2.32 bits per heavy atom. The van der Waals surface area contributed by atoms with Crippen LogP contribution in [0.4, 0.5) is 4.79 Å². The lowest BCUT2D eigenvalue weighted by Crippen LogP contribution is -2.51. The van der Waals surface area contributed by atoms with Gasteiger partial charge in [-0.2, -0.15) is 0 Å². The first-order valence-electron chi connectivity index (χ1n) is 13.0. The highest BCUT2D eigenvalue weighted by Gasteiger charge is 2.43. The molecule has 200 valence electrons. The second-order valence-corrected chi connectivity index (χ2v) is 12.2. The third-order valence-corrected chi connectivity index (χ3v) is 8.55. The largest absolute Gasteiger partial charge is 0.444 e. The van der Waals surface area contributed by atoms with Crippen LogP contribution in [-0.2, 0) is 20.5 Å². The number of halogens is 2. The third kappa shape index (κ3) is 6.42. The van der Waals surface area contributed by atoms with E-state index in [0.29, 0.717) is 23.1 Å². The number of nitrogens with one attached hydrogen (secondary N) is 1. The number of piperidine rings is 1. The zero-order chi connectivity index (χ0) is 26.7. The van der Waals surface area contributed by atoms with Gasteiger partial charge in [-0.1, -0.05) is 59.6 Å². The highest BCUT2D eigenvalue weighted by molar-refractivity contribution is 6.42. The highest BCUT2D eigenvalue weighted by atomic mass is 35.5. The minimum atomic E-state index is -0.541. The van der Waals surface area contributed by atoms with E-state index < -0.39 is 5.60 Å². The molecule has 1 atom stereocenters. The van der Waals surface area contributed by atoms with Gasteiger partial charge in [-0.05, 0) is 76.3 Å². The van der Waals surface area contributed by atoms with E-state index in [-0.39, 0.29) is 17.0 Å². The molecule has 2 heterocycles. The molecule has 4 rings (SSSR count). The maximum Gasteiger partial charge on any atom is 0.410 e. The molecular formula is C29H37Cl2N3O3. The molecular weight excluding hydrogens is 509 g/mol. The molecule has 2 fully saturated rings. The zero-order valence-electron chi connectivity index (χ0n) is 21.9. The maximum absolute atomic E-state index is 12.9. The molecule has 0 bridgehead atoms. The quantitative estimate of drug-likeness (QED) is 0.433. The molecule has 2 aromatic rings. The number of rotatable bonds is 7. The van der Waals surface area contributed by atoms with Crippen molar-refractivity contribution in [2.45, 2.75) is 63.0 Å². The summed E-state index contributed by atoms with van der Waals surface area (Å²) in [6, 6.07) is 16.1. The van der Waals surface area contributed by atoms with Crippen LogP contribution in [0.2, 0.25) is 10.0 Å². The summed E-state index contributed by atoms with van der Waals surface area (Å²) in [6.45, 7) is 9.51. The normalized spacial score (nSPS) is 22.0. The van der Waals surface area contributed by atoms with E-state index in [1.165, 1.54) is 0 Å². The van der Waals surface area contributed by atoms with E-state index in [1.54, 1.807) is 0 Å². The van der Waals surface area contributed by atoms with Crippen molar-refractivity contribution in [3.05, 3.63) is 69.7 Å². The van der Waals surface area contributed by atoms with Crippen molar-refractivity contribution in [3.8, 4) is 0 Å². The van der Waals surface area contributed by atoms with Crippen molar-refractivity contribution in [2.24, 2.45) is 0 Å². The van der Waals surface area contributed by atoms with Crippen molar-refractivity contribution >= 4 is 35.7 Å². The Kier molecular flexibility index (Phi) is 8.41. The first-order chi connectivity index (χ1) is 17.6. The minimum absolute atomic E-state index is 0.236. The van der Waals surface area contributed by atoms with Crippen molar-refractivity contribution in [3.63, 3.8) is 0 Å². The lowest BCUT2D eigenvalue weighted by molar-refractivity contribution is -0.112. The van der Waals surface area contributed by atoms with Gasteiger partial charge < -0.3 is 19.9 Å². The molecule has 0 radical (unpaired) electrons. The van der Waals surface area contributed by atoms with Crippen LogP contribution in [0.1, 0.15) is 57.6 Å². The maximum atomic E-state index is 12.9. The Morgan fingerprint density at radius 2 is 1.70 bits per heavy atom. The highest BCUT2D eigenvalue weighted by Crippen LogP contribution is 2.41. The van der Waals surface area contributed by atoms with Crippen molar-refractivity contribution in [1.82, 2.24) is 15.1 Å². The molecule has 2 amide bonds. The van der Waals surface area contributed by atoms with Gasteiger partial charge in [0.2, 0.25) is 6.41 Å². The molecule has 0 aliphatic carbocycles. The zero-order valence-corrected chi connectivity index (χ0v) is 23.4. The minimum Gasteiger partial charge on any atom is -0.444 e. The molecule has 0 spiro atoms. The Labute approximate surface area is 230 Å². The Bertz CT molecular complexity index is 1100. The lowest BCUT2D eigenvalue weighted by atomic mass is 9.76. The van der Waals surface area contributed by atoms with Gasteiger partial charge in [-0.15, -0.1) is 0 Å². The number of benzene rings is 2. The van der Waals surface area contributed by atoms with Gasteiger partial charge in [0, 0.05) is 31.6 Å². The van der Waals surface area contributed by atoms with E-state index in [4.69, 9.17) is 27.9 Å². The van der Waals surface area contributed by atoms with Gasteiger partial charge in [0.15, 0.2) is 0 Å². The summed E-state index contributed by atoms with van der Waals surface area (Å²) in [4.78, 5) is 28.6. The van der Waals surface area contributed by atoms with E-state index in [9.17, 15) is 9.59 Å². The van der Waals surface area contributed by atoms with Crippen LogP contribution in [0.3, 0.4) is 0 Å². The van der Waals surface area contributed by atoms with Crippen LogP contribution >= 0.6 is 23.2 Å². The summed E-state index contributed by atoms with van der Waals surface area (Å²) in [6.07, 6.45) is 3.95. The second kappa shape index (κ2) is 11.2. The van der Waals surface area contributed by atoms with Gasteiger partial charge in [-0.3, -0.25) is 4.79 Å². The van der Waals surface area contributed by atoms with Crippen molar-refractivity contribution in [1.29, 1.82) is 0 Å². The number of ether oxygens (including phenoxy) is 1. The molecule has 2 aliphatic heterocycles. The average Bonchev–Trinajstić information content (AvgIpc) is 3.31. The van der Waals surface area contributed by atoms with Crippen LogP contribution in [0, 0.1) is 0 Å². The van der Waals surface area contributed by atoms with Crippen LogP contribution in [0.5, 0.6) is 0 Å². The molecule has 1 N–H and O–H groups in total. The fourth-order valence-electron chi connectivity index (χ4n) is 5.68. The summed E-state index contributed by atoms with van der Waals surface area (Å²) in [7, 11) is 0. The molecule has 2 aliphatic rings. The standard InChI is InChI=1S/C29H37Cl2N3O3/c1-27(2,3)37-26(36)34-18-12-28(20-34,23-9-10-24(30)25(31)19-23)11-15-33-16-13-29(14-17-33,32-21-35)22-7-5-4-6-8-22/h4-10,19,21H,11-18,20H2,1-3H3,(H,32,35)/t28-/m1/s1. The molecule has 2 saturated heterocycles. The Hall–Kier alpha value is -2.28. The number of hydrogen-bond donors (Lipinski definition) is 1. The summed E-state index contributed by atoms with van der Waals surface area (Å²) in [5.74, 6) is 0. The number of hydrogen-bond acceptors (Lipinski definition) is 4. The average molecular weight is 547 g/mol.